The number of H-pyrrole nitrogens is 1. The van der Waals surface area contributed by atoms with E-state index in [9.17, 15) is 14.0 Å². The fourth-order valence-corrected chi connectivity index (χ4v) is 3.54. The van der Waals surface area contributed by atoms with E-state index in [4.69, 9.17) is 4.42 Å². The molecule has 0 bridgehead atoms. The van der Waals surface area contributed by atoms with E-state index in [1.165, 1.54) is 18.3 Å². The Labute approximate surface area is 202 Å². The van der Waals surface area contributed by atoms with Crippen molar-refractivity contribution in [1.29, 1.82) is 0 Å². The van der Waals surface area contributed by atoms with Gasteiger partial charge in [-0.25, -0.2) is 9.37 Å². The summed E-state index contributed by atoms with van der Waals surface area (Å²) in [6.07, 6.45) is 3.08. The van der Waals surface area contributed by atoms with Gasteiger partial charge in [0.2, 0.25) is 11.7 Å². The highest BCUT2D eigenvalue weighted by Gasteiger charge is 2.17. The molecule has 0 saturated carbocycles. The van der Waals surface area contributed by atoms with Crippen LogP contribution in [-0.2, 0) is 6.54 Å². The minimum absolute atomic E-state index is 0.0844. The van der Waals surface area contributed by atoms with Crippen molar-refractivity contribution in [2.24, 2.45) is 0 Å². The quantitative estimate of drug-likeness (QED) is 0.324. The van der Waals surface area contributed by atoms with Gasteiger partial charge in [0, 0.05) is 23.7 Å². The smallest absolute Gasteiger partial charge is 0.288 e. The molecular weight excluding hydrogens is 449 g/mol. The van der Waals surface area contributed by atoms with Gasteiger partial charge in [-0.3, -0.25) is 14.7 Å². The molecule has 4 rings (SSSR count). The number of nitrogens with zero attached hydrogens (tertiary/aromatic N) is 2. The molecule has 0 unspecified atom stereocenters. The van der Waals surface area contributed by atoms with E-state index in [0.29, 0.717) is 22.8 Å². The Hall–Kier alpha value is -4.27. The van der Waals surface area contributed by atoms with Crippen LogP contribution in [0.1, 0.15) is 53.3 Å². The van der Waals surface area contributed by atoms with Crippen molar-refractivity contribution in [1.82, 2.24) is 25.8 Å². The van der Waals surface area contributed by atoms with Crippen LogP contribution in [0.2, 0.25) is 0 Å². The summed E-state index contributed by atoms with van der Waals surface area (Å²) in [5.41, 5.74) is 3.07. The zero-order chi connectivity index (χ0) is 24.8. The third-order valence-corrected chi connectivity index (χ3v) is 5.64. The Balaban J connectivity index is 1.44. The highest BCUT2D eigenvalue weighted by atomic mass is 19.1. The van der Waals surface area contributed by atoms with E-state index in [0.717, 1.165) is 24.0 Å². The normalized spacial score (nSPS) is 11.0. The van der Waals surface area contributed by atoms with Crippen molar-refractivity contribution in [3.05, 3.63) is 83.6 Å². The minimum Gasteiger partial charge on any atom is -0.431 e. The highest BCUT2D eigenvalue weighted by Crippen LogP contribution is 2.25. The SMILES string of the molecule is CCC(CC)NC(=O)c1cnc(-c2cccc(-c3cc(C(=O)NCc4ccc(F)cc4)[nH]n3)c2)o1. The number of aromatic amines is 1. The molecule has 0 aliphatic carbocycles. The van der Waals surface area contributed by atoms with Crippen LogP contribution in [0.5, 0.6) is 0 Å². The molecular formula is C26H26FN5O3. The monoisotopic (exact) mass is 475 g/mol. The first-order chi connectivity index (χ1) is 17.0. The van der Waals surface area contributed by atoms with Gasteiger partial charge in [-0.15, -0.1) is 0 Å². The van der Waals surface area contributed by atoms with Crippen LogP contribution in [0.3, 0.4) is 0 Å². The Morgan fingerprint density at radius 1 is 1.03 bits per heavy atom. The number of carbonyl (C=O) groups is 2. The molecule has 0 radical (unpaired) electrons. The summed E-state index contributed by atoms with van der Waals surface area (Å²) in [6, 6.07) is 15.0. The predicted molar refractivity (Wildman–Crippen MR) is 129 cm³/mol. The van der Waals surface area contributed by atoms with Gasteiger partial charge in [0.1, 0.15) is 11.5 Å². The van der Waals surface area contributed by atoms with Crippen LogP contribution in [0.4, 0.5) is 4.39 Å². The molecule has 0 aliphatic heterocycles. The Morgan fingerprint density at radius 2 is 1.77 bits per heavy atom. The number of nitrogens with one attached hydrogen (secondary N) is 3. The first-order valence-electron chi connectivity index (χ1n) is 11.4. The molecule has 4 aromatic rings. The largest absolute Gasteiger partial charge is 0.431 e. The summed E-state index contributed by atoms with van der Waals surface area (Å²) in [5.74, 6) is -0.486. The number of amides is 2. The fraction of sp³-hybridized carbons (Fsp3) is 0.231. The second-order valence-corrected chi connectivity index (χ2v) is 8.07. The molecule has 9 heteroatoms. The molecule has 2 heterocycles. The first kappa shape index (κ1) is 23.9. The summed E-state index contributed by atoms with van der Waals surface area (Å²) in [4.78, 5) is 29.2. The second kappa shape index (κ2) is 10.8. The average molecular weight is 476 g/mol. The van der Waals surface area contributed by atoms with Crippen LogP contribution in [0.25, 0.3) is 22.7 Å². The van der Waals surface area contributed by atoms with E-state index in [1.807, 2.05) is 38.1 Å². The maximum atomic E-state index is 13.0. The summed E-state index contributed by atoms with van der Waals surface area (Å²) in [5, 5.41) is 12.7. The Morgan fingerprint density at radius 3 is 2.51 bits per heavy atom. The van der Waals surface area contributed by atoms with Crippen LogP contribution < -0.4 is 10.6 Å². The fourth-order valence-electron chi connectivity index (χ4n) is 3.54. The zero-order valence-electron chi connectivity index (χ0n) is 19.5. The number of oxazole rings is 1. The second-order valence-electron chi connectivity index (χ2n) is 8.07. The maximum Gasteiger partial charge on any atom is 0.288 e. The van der Waals surface area contributed by atoms with Crippen LogP contribution in [0, 0.1) is 5.82 Å². The zero-order valence-corrected chi connectivity index (χ0v) is 19.5. The van der Waals surface area contributed by atoms with E-state index in [-0.39, 0.29) is 36.0 Å². The van der Waals surface area contributed by atoms with Crippen molar-refractivity contribution >= 4 is 11.8 Å². The number of halogens is 1. The van der Waals surface area contributed by atoms with E-state index >= 15 is 0 Å². The molecule has 0 spiro atoms. The topological polar surface area (TPSA) is 113 Å². The van der Waals surface area contributed by atoms with Crippen molar-refractivity contribution in [3.63, 3.8) is 0 Å². The van der Waals surface area contributed by atoms with Crippen molar-refractivity contribution in [2.45, 2.75) is 39.3 Å². The summed E-state index contributed by atoms with van der Waals surface area (Å²) < 4.78 is 18.7. The van der Waals surface area contributed by atoms with Crippen LogP contribution in [0.15, 0.2) is 65.2 Å². The lowest BCUT2D eigenvalue weighted by Crippen LogP contribution is -2.33. The first-order valence-corrected chi connectivity index (χ1v) is 11.4. The Kier molecular flexibility index (Phi) is 7.35. The number of benzene rings is 2. The van der Waals surface area contributed by atoms with Crippen molar-refractivity contribution < 1.29 is 18.4 Å². The molecule has 8 nitrogen and oxygen atoms in total. The summed E-state index contributed by atoms with van der Waals surface area (Å²) >= 11 is 0. The van der Waals surface area contributed by atoms with Gasteiger partial charge in [-0.2, -0.15) is 5.10 Å². The average Bonchev–Trinajstić information content (AvgIpc) is 3.57. The molecule has 180 valence electrons. The number of aromatic nitrogens is 3. The maximum absolute atomic E-state index is 13.0. The standard InChI is InChI=1S/C26H26FN5O3/c1-3-20(4-2)30-25(34)23-15-29-26(35-23)18-7-5-6-17(12-18)21-13-22(32-31-21)24(33)28-14-16-8-10-19(27)11-9-16/h5-13,15,20H,3-4,14H2,1-2H3,(H,28,33)(H,30,34)(H,31,32). The van der Waals surface area contributed by atoms with Gasteiger partial charge < -0.3 is 15.1 Å². The molecule has 3 N–H and O–H groups in total. The van der Waals surface area contributed by atoms with E-state index < -0.39 is 0 Å². The molecule has 2 aromatic carbocycles. The van der Waals surface area contributed by atoms with Crippen molar-refractivity contribution in [2.75, 3.05) is 0 Å². The van der Waals surface area contributed by atoms with E-state index in [2.05, 4.69) is 25.8 Å². The molecule has 0 aliphatic rings. The molecule has 2 aromatic heterocycles. The van der Waals surface area contributed by atoms with Gasteiger partial charge in [0.05, 0.1) is 11.9 Å². The third kappa shape index (κ3) is 5.81. The van der Waals surface area contributed by atoms with Gasteiger partial charge in [0.25, 0.3) is 11.8 Å². The van der Waals surface area contributed by atoms with Gasteiger partial charge in [-0.1, -0.05) is 38.1 Å². The van der Waals surface area contributed by atoms with Crippen LogP contribution in [-0.4, -0.2) is 33.0 Å². The number of hydrogen-bond acceptors (Lipinski definition) is 5. The molecule has 0 fully saturated rings. The lowest BCUT2D eigenvalue weighted by Gasteiger charge is -2.12. The summed E-state index contributed by atoms with van der Waals surface area (Å²) in [6.45, 7) is 4.29. The van der Waals surface area contributed by atoms with Gasteiger partial charge in [0.15, 0.2) is 0 Å². The van der Waals surface area contributed by atoms with Gasteiger partial charge in [-0.05, 0) is 48.7 Å². The third-order valence-electron chi connectivity index (χ3n) is 5.64. The molecule has 2 amide bonds. The molecule has 0 saturated heterocycles. The number of rotatable bonds is 9. The Bertz CT molecular complexity index is 1310. The van der Waals surface area contributed by atoms with E-state index in [1.54, 1.807) is 18.2 Å². The molecule has 35 heavy (non-hydrogen) atoms. The number of carbonyl (C=O) groups excluding carboxylic acids is 2. The minimum atomic E-state index is -0.329. The van der Waals surface area contributed by atoms with Crippen molar-refractivity contribution in [3.8, 4) is 22.7 Å². The predicted octanol–water partition coefficient (Wildman–Crippen LogP) is 4.72. The lowest BCUT2D eigenvalue weighted by molar-refractivity contribution is 0.0906. The summed E-state index contributed by atoms with van der Waals surface area (Å²) in [7, 11) is 0. The van der Waals surface area contributed by atoms with Gasteiger partial charge >= 0.3 is 0 Å². The lowest BCUT2D eigenvalue weighted by atomic mass is 10.1. The number of hydrogen-bond donors (Lipinski definition) is 3. The van der Waals surface area contributed by atoms with Crippen LogP contribution >= 0.6 is 0 Å². The highest BCUT2D eigenvalue weighted by molar-refractivity contribution is 5.93. The molecule has 0 atom stereocenters.